The predicted molar refractivity (Wildman–Crippen MR) is 102 cm³/mol. The van der Waals surface area contributed by atoms with Crippen LogP contribution in [0.4, 0.5) is 5.13 Å². The molecule has 0 unspecified atom stereocenters. The lowest BCUT2D eigenvalue weighted by atomic mass is 10.2. The number of hydrogen-bond donors (Lipinski definition) is 1. The molecule has 2 rings (SSSR count). The zero-order chi connectivity index (χ0) is 16.7. The molecular formula is C15H18ClN3OS3. The van der Waals surface area contributed by atoms with E-state index in [1.165, 1.54) is 11.3 Å². The van der Waals surface area contributed by atoms with E-state index >= 15 is 0 Å². The van der Waals surface area contributed by atoms with E-state index in [2.05, 4.69) is 29.4 Å². The van der Waals surface area contributed by atoms with Crippen LogP contribution in [0.25, 0.3) is 0 Å². The molecule has 0 saturated heterocycles. The lowest BCUT2D eigenvalue weighted by Gasteiger charge is -2.02. The molecule has 0 aliphatic carbocycles. The SMILES string of the molecule is CC(C)CSc1nnc(NC(=O)CSCc2ccc(Cl)cc2)s1. The summed E-state index contributed by atoms with van der Waals surface area (Å²) in [7, 11) is 0. The zero-order valence-electron chi connectivity index (χ0n) is 12.9. The number of aromatic nitrogens is 2. The average Bonchev–Trinajstić information content (AvgIpc) is 2.94. The first kappa shape index (κ1) is 18.6. The fourth-order valence-electron chi connectivity index (χ4n) is 1.55. The fraction of sp³-hybridized carbons (Fsp3) is 0.400. The van der Waals surface area contributed by atoms with Crippen molar-refractivity contribution < 1.29 is 4.79 Å². The van der Waals surface area contributed by atoms with E-state index < -0.39 is 0 Å². The number of rotatable bonds is 8. The van der Waals surface area contributed by atoms with Crippen molar-refractivity contribution in [2.75, 3.05) is 16.8 Å². The second-order valence-electron chi connectivity index (χ2n) is 5.25. The lowest BCUT2D eigenvalue weighted by molar-refractivity contribution is -0.113. The van der Waals surface area contributed by atoms with Gasteiger partial charge in [-0.2, -0.15) is 0 Å². The van der Waals surface area contributed by atoms with Gasteiger partial charge >= 0.3 is 0 Å². The van der Waals surface area contributed by atoms with Crippen LogP contribution in [-0.2, 0) is 10.5 Å². The van der Waals surface area contributed by atoms with Gasteiger partial charge in [0.25, 0.3) is 0 Å². The molecule has 0 aliphatic heterocycles. The molecule has 1 heterocycles. The standard InChI is InChI=1S/C15H18ClN3OS3/c1-10(2)7-22-15-19-18-14(23-15)17-13(20)9-21-8-11-3-5-12(16)6-4-11/h3-6,10H,7-9H2,1-2H3,(H,17,18,20). The topological polar surface area (TPSA) is 54.9 Å². The van der Waals surface area contributed by atoms with E-state index in [1.807, 2.05) is 24.3 Å². The summed E-state index contributed by atoms with van der Waals surface area (Å²) in [6.07, 6.45) is 0. The summed E-state index contributed by atoms with van der Waals surface area (Å²) in [5.41, 5.74) is 1.15. The maximum Gasteiger partial charge on any atom is 0.236 e. The van der Waals surface area contributed by atoms with Crippen LogP contribution in [0.3, 0.4) is 0 Å². The number of anilines is 1. The van der Waals surface area contributed by atoms with E-state index in [0.29, 0.717) is 16.8 Å². The van der Waals surface area contributed by atoms with E-state index in [-0.39, 0.29) is 5.91 Å². The van der Waals surface area contributed by atoms with Crippen LogP contribution in [0.15, 0.2) is 28.6 Å². The number of benzene rings is 1. The van der Waals surface area contributed by atoms with Gasteiger partial charge in [-0.15, -0.1) is 22.0 Å². The van der Waals surface area contributed by atoms with Gasteiger partial charge in [-0.3, -0.25) is 10.1 Å². The minimum absolute atomic E-state index is 0.0551. The van der Waals surface area contributed by atoms with Crippen molar-refractivity contribution in [1.82, 2.24) is 10.2 Å². The van der Waals surface area contributed by atoms with E-state index in [0.717, 1.165) is 26.4 Å². The molecule has 1 aromatic heterocycles. The summed E-state index contributed by atoms with van der Waals surface area (Å²) < 4.78 is 0.891. The summed E-state index contributed by atoms with van der Waals surface area (Å²) in [5, 5.41) is 12.2. The number of nitrogens with one attached hydrogen (secondary N) is 1. The molecular weight excluding hydrogens is 370 g/mol. The highest BCUT2D eigenvalue weighted by molar-refractivity contribution is 8.01. The summed E-state index contributed by atoms with van der Waals surface area (Å²) in [6, 6.07) is 7.65. The van der Waals surface area contributed by atoms with Gasteiger partial charge < -0.3 is 0 Å². The molecule has 0 fully saturated rings. The third-order valence-corrected chi connectivity index (χ3v) is 6.26. The molecule has 0 spiro atoms. The third-order valence-electron chi connectivity index (χ3n) is 2.61. The Balaban J connectivity index is 1.71. The molecule has 8 heteroatoms. The lowest BCUT2D eigenvalue weighted by Crippen LogP contribution is -2.13. The van der Waals surface area contributed by atoms with Crippen molar-refractivity contribution in [1.29, 1.82) is 0 Å². The van der Waals surface area contributed by atoms with Crippen LogP contribution in [-0.4, -0.2) is 27.6 Å². The molecule has 23 heavy (non-hydrogen) atoms. The van der Waals surface area contributed by atoms with Crippen LogP contribution < -0.4 is 5.32 Å². The normalized spacial score (nSPS) is 11.0. The first-order chi connectivity index (χ1) is 11.0. The van der Waals surface area contributed by atoms with Crippen molar-refractivity contribution in [2.24, 2.45) is 5.92 Å². The molecule has 0 saturated carbocycles. The van der Waals surface area contributed by atoms with Gasteiger partial charge in [0.2, 0.25) is 11.0 Å². The Kier molecular flexibility index (Phi) is 7.69. The highest BCUT2D eigenvalue weighted by Gasteiger charge is 2.09. The summed E-state index contributed by atoms with van der Waals surface area (Å²) in [4.78, 5) is 11.9. The Bertz CT molecular complexity index is 631. The van der Waals surface area contributed by atoms with Crippen LogP contribution in [0.5, 0.6) is 0 Å². The minimum Gasteiger partial charge on any atom is -0.300 e. The third kappa shape index (κ3) is 7.12. The Morgan fingerprint density at radius 3 is 2.74 bits per heavy atom. The van der Waals surface area contributed by atoms with E-state index in [1.54, 1.807) is 23.5 Å². The van der Waals surface area contributed by atoms with E-state index in [4.69, 9.17) is 11.6 Å². The molecule has 0 radical (unpaired) electrons. The summed E-state index contributed by atoms with van der Waals surface area (Å²) in [6.45, 7) is 4.32. The predicted octanol–water partition coefficient (Wildman–Crippen LogP) is 4.81. The van der Waals surface area contributed by atoms with Crippen molar-refractivity contribution >= 4 is 57.5 Å². The number of hydrogen-bond acceptors (Lipinski definition) is 6. The maximum absolute atomic E-state index is 11.9. The first-order valence-electron chi connectivity index (χ1n) is 7.11. The smallest absolute Gasteiger partial charge is 0.236 e. The van der Waals surface area contributed by atoms with Crippen LogP contribution in [0.1, 0.15) is 19.4 Å². The van der Waals surface area contributed by atoms with E-state index in [9.17, 15) is 4.79 Å². The summed E-state index contributed by atoms with van der Waals surface area (Å²) in [5.74, 6) is 2.71. The number of thioether (sulfide) groups is 2. The van der Waals surface area contributed by atoms with Gasteiger partial charge in [-0.25, -0.2) is 0 Å². The Labute approximate surface area is 153 Å². The first-order valence-corrected chi connectivity index (χ1v) is 10.4. The Morgan fingerprint density at radius 2 is 2.04 bits per heavy atom. The second-order valence-corrected chi connectivity index (χ2v) is 8.91. The minimum atomic E-state index is -0.0551. The van der Waals surface area contributed by atoms with Crippen molar-refractivity contribution in [2.45, 2.75) is 23.9 Å². The number of halogens is 1. The summed E-state index contributed by atoms with van der Waals surface area (Å²) >= 11 is 10.5. The number of carbonyl (C=O) groups excluding carboxylic acids is 1. The van der Waals surface area contributed by atoms with Crippen molar-refractivity contribution in [3.63, 3.8) is 0 Å². The van der Waals surface area contributed by atoms with Gasteiger partial charge in [0.05, 0.1) is 5.75 Å². The molecule has 1 N–H and O–H groups in total. The highest BCUT2D eigenvalue weighted by atomic mass is 35.5. The van der Waals surface area contributed by atoms with Crippen molar-refractivity contribution in [3.8, 4) is 0 Å². The molecule has 1 amide bonds. The fourth-order valence-corrected chi connectivity index (χ4v) is 4.21. The monoisotopic (exact) mass is 387 g/mol. The van der Waals surface area contributed by atoms with Gasteiger partial charge in [-0.05, 0) is 23.6 Å². The average molecular weight is 388 g/mol. The van der Waals surface area contributed by atoms with Crippen LogP contribution in [0, 0.1) is 5.92 Å². The molecule has 1 aromatic carbocycles. The molecule has 124 valence electrons. The van der Waals surface area contributed by atoms with Gasteiger partial charge in [0.15, 0.2) is 4.34 Å². The molecule has 0 aliphatic rings. The molecule has 2 aromatic rings. The number of nitrogens with zero attached hydrogens (tertiary/aromatic N) is 2. The Hall–Kier alpha value is -0.760. The quantitative estimate of drug-likeness (QED) is 0.520. The Morgan fingerprint density at radius 1 is 1.30 bits per heavy atom. The number of amides is 1. The molecule has 0 atom stereocenters. The van der Waals surface area contributed by atoms with Gasteiger partial charge in [0, 0.05) is 16.5 Å². The zero-order valence-corrected chi connectivity index (χ0v) is 16.1. The molecule has 0 bridgehead atoms. The largest absolute Gasteiger partial charge is 0.300 e. The maximum atomic E-state index is 11.9. The van der Waals surface area contributed by atoms with Gasteiger partial charge in [-0.1, -0.05) is 60.7 Å². The van der Waals surface area contributed by atoms with Crippen LogP contribution in [0.2, 0.25) is 5.02 Å². The van der Waals surface area contributed by atoms with Crippen molar-refractivity contribution in [3.05, 3.63) is 34.9 Å². The highest BCUT2D eigenvalue weighted by Crippen LogP contribution is 2.27. The molecule has 4 nitrogen and oxygen atoms in total. The van der Waals surface area contributed by atoms with Crippen LogP contribution >= 0.6 is 46.5 Å². The number of carbonyl (C=O) groups is 1. The second kappa shape index (κ2) is 9.52. The van der Waals surface area contributed by atoms with Gasteiger partial charge in [0.1, 0.15) is 0 Å².